The number of carbonyl (C=O) groups excluding carboxylic acids is 2. The van der Waals surface area contributed by atoms with Gasteiger partial charge < -0.3 is 4.74 Å². The Bertz CT molecular complexity index is 784. The largest absolute Gasteiger partial charge is 0.496 e. The number of Topliss-reactive ketones (excluding diaryl/α,β-unsaturated/α-hetero) is 1. The van der Waals surface area contributed by atoms with Gasteiger partial charge in [0.25, 0.3) is 5.91 Å². The molecule has 116 valence electrons. The number of hydrogen-bond donors (Lipinski definition) is 0. The molecule has 2 aromatic carbocycles. The van der Waals surface area contributed by atoms with E-state index in [9.17, 15) is 9.59 Å². The predicted octanol–water partition coefficient (Wildman–Crippen LogP) is 2.92. The maximum absolute atomic E-state index is 12.8. The minimum Gasteiger partial charge on any atom is -0.496 e. The number of carbonyl (C=O) groups is 2. The number of ketones is 1. The van der Waals surface area contributed by atoms with Crippen LogP contribution in [0.2, 0.25) is 0 Å². The van der Waals surface area contributed by atoms with E-state index in [1.54, 1.807) is 43.3 Å². The van der Waals surface area contributed by atoms with Gasteiger partial charge in [-0.3, -0.25) is 9.59 Å². The molecule has 0 saturated carbocycles. The van der Waals surface area contributed by atoms with Gasteiger partial charge in [-0.05, 0) is 31.2 Å². The topological polar surface area (TPSA) is 59.0 Å². The van der Waals surface area contributed by atoms with E-state index in [-0.39, 0.29) is 11.7 Å². The molecule has 0 bridgehead atoms. The molecule has 1 heterocycles. The zero-order valence-corrected chi connectivity index (χ0v) is 12.9. The monoisotopic (exact) mass is 308 g/mol. The predicted molar refractivity (Wildman–Crippen MR) is 87.9 cm³/mol. The summed E-state index contributed by atoms with van der Waals surface area (Å²) in [5, 5.41) is 5.55. The number of rotatable bonds is 4. The molecule has 0 N–H and O–H groups in total. The third kappa shape index (κ3) is 2.61. The molecule has 1 aliphatic rings. The molecule has 0 fully saturated rings. The van der Waals surface area contributed by atoms with Crippen LogP contribution in [0.15, 0.2) is 59.7 Å². The number of benzene rings is 2. The highest BCUT2D eigenvalue weighted by Gasteiger charge is 2.40. The summed E-state index contributed by atoms with van der Waals surface area (Å²) in [6.07, 6.45) is 0. The van der Waals surface area contributed by atoms with Crippen molar-refractivity contribution in [2.24, 2.45) is 11.0 Å². The van der Waals surface area contributed by atoms with Gasteiger partial charge in [-0.25, -0.2) is 0 Å². The van der Waals surface area contributed by atoms with Crippen molar-refractivity contribution in [1.82, 2.24) is 0 Å². The average molecular weight is 308 g/mol. The molecule has 2 aromatic rings. The van der Waals surface area contributed by atoms with Gasteiger partial charge in [0.15, 0.2) is 5.78 Å². The highest BCUT2D eigenvalue weighted by molar-refractivity contribution is 6.30. The quantitative estimate of drug-likeness (QED) is 0.644. The number of amides is 1. The molecule has 5 heteroatoms. The van der Waals surface area contributed by atoms with Crippen LogP contribution in [0.3, 0.4) is 0 Å². The molecule has 0 aliphatic carbocycles. The van der Waals surface area contributed by atoms with Gasteiger partial charge in [-0.2, -0.15) is 10.1 Å². The Morgan fingerprint density at radius 3 is 2.43 bits per heavy atom. The summed E-state index contributed by atoms with van der Waals surface area (Å²) in [6, 6.07) is 16.0. The molecule has 0 unspecified atom stereocenters. The Morgan fingerprint density at radius 1 is 1.09 bits per heavy atom. The molecule has 0 aromatic heterocycles. The van der Waals surface area contributed by atoms with Crippen LogP contribution in [0, 0.1) is 5.92 Å². The lowest BCUT2D eigenvalue weighted by molar-refractivity contribution is -0.118. The Morgan fingerprint density at radius 2 is 1.74 bits per heavy atom. The highest BCUT2D eigenvalue weighted by Crippen LogP contribution is 2.28. The summed E-state index contributed by atoms with van der Waals surface area (Å²) < 4.78 is 5.22. The number of anilines is 1. The van der Waals surface area contributed by atoms with Crippen molar-refractivity contribution >= 4 is 23.1 Å². The van der Waals surface area contributed by atoms with E-state index in [1.807, 2.05) is 18.2 Å². The molecular formula is C18H16N2O3. The van der Waals surface area contributed by atoms with Crippen molar-refractivity contribution in [3.8, 4) is 5.75 Å². The maximum Gasteiger partial charge on any atom is 0.264 e. The second-order valence-corrected chi connectivity index (χ2v) is 5.22. The van der Waals surface area contributed by atoms with Crippen molar-refractivity contribution in [2.75, 3.05) is 12.1 Å². The first kappa shape index (κ1) is 15.0. The van der Waals surface area contributed by atoms with E-state index in [4.69, 9.17) is 4.74 Å². The fourth-order valence-electron chi connectivity index (χ4n) is 2.63. The minimum absolute atomic E-state index is 0.299. The molecule has 1 atom stereocenters. The molecule has 0 saturated heterocycles. The molecule has 0 radical (unpaired) electrons. The number of hydrogen-bond acceptors (Lipinski definition) is 4. The fraction of sp³-hybridized carbons (Fsp3) is 0.167. The number of para-hydroxylation sites is 2. The lowest BCUT2D eigenvalue weighted by Gasteiger charge is -2.14. The van der Waals surface area contributed by atoms with Crippen LogP contribution in [0.4, 0.5) is 5.69 Å². The molecule has 0 spiro atoms. The summed E-state index contributed by atoms with van der Waals surface area (Å²) >= 11 is 0. The normalized spacial score (nSPS) is 17.1. The van der Waals surface area contributed by atoms with Gasteiger partial charge in [-0.15, -0.1) is 0 Å². The first-order chi connectivity index (χ1) is 11.1. The number of nitrogens with zero attached hydrogens (tertiary/aromatic N) is 2. The van der Waals surface area contributed by atoms with Crippen molar-refractivity contribution in [3.05, 3.63) is 60.2 Å². The standard InChI is InChI=1S/C18H16N2O3/c1-12-16(17(21)14-10-6-7-11-15(14)23-2)18(22)20(19-12)13-8-4-3-5-9-13/h3-11,16H,1-2H3/t16-/m1/s1. The Hall–Kier alpha value is -2.95. The van der Waals surface area contributed by atoms with Crippen LogP contribution in [0.1, 0.15) is 17.3 Å². The van der Waals surface area contributed by atoms with E-state index in [1.165, 1.54) is 12.1 Å². The summed E-state index contributed by atoms with van der Waals surface area (Å²) in [5.74, 6) is -1.10. The molecule has 1 amide bonds. The second-order valence-electron chi connectivity index (χ2n) is 5.22. The smallest absolute Gasteiger partial charge is 0.264 e. The van der Waals surface area contributed by atoms with Gasteiger partial charge in [-0.1, -0.05) is 30.3 Å². The minimum atomic E-state index is -0.911. The van der Waals surface area contributed by atoms with Crippen molar-refractivity contribution < 1.29 is 14.3 Å². The van der Waals surface area contributed by atoms with Crippen molar-refractivity contribution in [1.29, 1.82) is 0 Å². The van der Waals surface area contributed by atoms with Crippen LogP contribution in [-0.2, 0) is 4.79 Å². The summed E-state index contributed by atoms with van der Waals surface area (Å²) in [6.45, 7) is 1.69. The van der Waals surface area contributed by atoms with E-state index in [0.29, 0.717) is 22.7 Å². The zero-order chi connectivity index (χ0) is 16.4. The highest BCUT2D eigenvalue weighted by atomic mass is 16.5. The molecule has 5 nitrogen and oxygen atoms in total. The lowest BCUT2D eigenvalue weighted by Crippen LogP contribution is -2.32. The number of ether oxygens (including phenoxy) is 1. The molecule has 23 heavy (non-hydrogen) atoms. The third-order valence-corrected chi connectivity index (χ3v) is 3.77. The Kier molecular flexibility index (Phi) is 3.93. The number of hydrazone groups is 1. The summed E-state index contributed by atoms with van der Waals surface area (Å²) in [7, 11) is 1.50. The van der Waals surface area contributed by atoms with E-state index < -0.39 is 5.92 Å². The Balaban J connectivity index is 1.94. The molecule has 3 rings (SSSR count). The van der Waals surface area contributed by atoms with Crippen LogP contribution in [0.5, 0.6) is 5.75 Å². The molecule has 1 aliphatic heterocycles. The van der Waals surface area contributed by atoms with Gasteiger partial charge in [0.2, 0.25) is 0 Å². The van der Waals surface area contributed by atoms with E-state index in [0.717, 1.165) is 0 Å². The first-order valence-corrected chi connectivity index (χ1v) is 7.25. The molecular weight excluding hydrogens is 292 g/mol. The zero-order valence-electron chi connectivity index (χ0n) is 12.9. The summed E-state index contributed by atoms with van der Waals surface area (Å²) in [5.41, 5.74) is 1.51. The first-order valence-electron chi connectivity index (χ1n) is 7.25. The van der Waals surface area contributed by atoms with Gasteiger partial charge in [0.05, 0.1) is 24.1 Å². The average Bonchev–Trinajstić information content (AvgIpc) is 2.89. The third-order valence-electron chi connectivity index (χ3n) is 3.77. The van der Waals surface area contributed by atoms with Crippen LogP contribution >= 0.6 is 0 Å². The SMILES string of the molecule is COc1ccccc1C(=O)[C@@H]1C(=O)N(c2ccccc2)N=C1C. The van der Waals surface area contributed by atoms with Gasteiger partial charge >= 0.3 is 0 Å². The van der Waals surface area contributed by atoms with Gasteiger partial charge in [0, 0.05) is 0 Å². The summed E-state index contributed by atoms with van der Waals surface area (Å²) in [4.78, 5) is 25.5. The maximum atomic E-state index is 12.8. The van der Waals surface area contributed by atoms with Crippen LogP contribution < -0.4 is 9.75 Å². The van der Waals surface area contributed by atoms with E-state index in [2.05, 4.69) is 5.10 Å². The van der Waals surface area contributed by atoms with Gasteiger partial charge in [0.1, 0.15) is 11.7 Å². The fourth-order valence-corrected chi connectivity index (χ4v) is 2.63. The van der Waals surface area contributed by atoms with Crippen molar-refractivity contribution in [2.45, 2.75) is 6.92 Å². The second kappa shape index (κ2) is 6.04. The lowest BCUT2D eigenvalue weighted by atomic mass is 9.93. The Labute approximate surface area is 134 Å². The van der Waals surface area contributed by atoms with Crippen LogP contribution in [-0.4, -0.2) is 24.5 Å². The van der Waals surface area contributed by atoms with E-state index >= 15 is 0 Å². The van der Waals surface area contributed by atoms with Crippen LogP contribution in [0.25, 0.3) is 0 Å². The number of methoxy groups -OCH3 is 1. The van der Waals surface area contributed by atoms with Crippen molar-refractivity contribution in [3.63, 3.8) is 0 Å².